The lowest BCUT2D eigenvalue weighted by Gasteiger charge is -2.24. The van der Waals surface area contributed by atoms with Gasteiger partial charge in [0.1, 0.15) is 0 Å². The number of benzene rings is 1. The Labute approximate surface area is 111 Å². The molecule has 1 aliphatic rings. The van der Waals surface area contributed by atoms with Crippen LogP contribution in [0.2, 0.25) is 0 Å². The van der Waals surface area contributed by atoms with Crippen molar-refractivity contribution < 1.29 is 13.2 Å². The molecule has 0 bridgehead atoms. The van der Waals surface area contributed by atoms with Crippen LogP contribution in [0.3, 0.4) is 0 Å². The number of hydrogen-bond acceptors (Lipinski definition) is 2. The first kappa shape index (κ1) is 14.3. The first-order valence-corrected chi connectivity index (χ1v) is 6.55. The van der Waals surface area contributed by atoms with Crippen LogP contribution in [0, 0.1) is 5.92 Å². The number of nitrogens with one attached hydrogen (secondary N) is 2. The molecule has 1 heterocycles. The highest BCUT2D eigenvalue weighted by Gasteiger charge is 2.32. The molecule has 1 aromatic carbocycles. The van der Waals surface area contributed by atoms with Crippen LogP contribution in [0.4, 0.5) is 13.2 Å². The van der Waals surface area contributed by atoms with Gasteiger partial charge in [0.2, 0.25) is 0 Å². The molecule has 1 aliphatic heterocycles. The van der Waals surface area contributed by atoms with Gasteiger partial charge in [0.25, 0.3) is 0 Å². The van der Waals surface area contributed by atoms with Crippen LogP contribution in [-0.2, 0) is 6.18 Å². The second-order valence-corrected chi connectivity index (χ2v) is 5.04. The van der Waals surface area contributed by atoms with E-state index in [9.17, 15) is 13.2 Å². The number of hydrogen-bond donors (Lipinski definition) is 2. The highest BCUT2D eigenvalue weighted by molar-refractivity contribution is 5.29. The first-order valence-electron chi connectivity index (χ1n) is 6.55. The molecule has 2 nitrogen and oxygen atoms in total. The summed E-state index contributed by atoms with van der Waals surface area (Å²) < 4.78 is 38.3. The Morgan fingerprint density at radius 2 is 2.21 bits per heavy atom. The van der Waals surface area contributed by atoms with Crippen LogP contribution in [-0.4, -0.2) is 26.7 Å². The Morgan fingerprint density at radius 3 is 2.79 bits per heavy atom. The molecule has 2 N–H and O–H groups in total. The molecule has 0 aromatic heterocycles. The topological polar surface area (TPSA) is 24.1 Å². The molecule has 2 atom stereocenters. The van der Waals surface area contributed by atoms with Gasteiger partial charge in [-0.25, -0.2) is 0 Å². The minimum absolute atomic E-state index is 0.127. The lowest BCUT2D eigenvalue weighted by Crippen LogP contribution is -2.26. The molecule has 0 aliphatic carbocycles. The van der Waals surface area contributed by atoms with Gasteiger partial charge in [0.05, 0.1) is 5.56 Å². The average Bonchev–Trinajstić information content (AvgIpc) is 2.88. The summed E-state index contributed by atoms with van der Waals surface area (Å²) in [5, 5.41) is 6.37. The highest BCUT2D eigenvalue weighted by atomic mass is 19.4. The SMILES string of the molecule is CNCC(c1cccc(C(F)(F)F)c1)C1CCNC1. The van der Waals surface area contributed by atoms with Crippen molar-refractivity contribution >= 4 is 0 Å². The molecule has 1 aromatic rings. The zero-order chi connectivity index (χ0) is 13.9. The Bertz CT molecular complexity index is 411. The van der Waals surface area contributed by atoms with Gasteiger partial charge in [-0.2, -0.15) is 13.2 Å². The largest absolute Gasteiger partial charge is 0.416 e. The molecule has 106 valence electrons. The Kier molecular flexibility index (Phi) is 4.47. The smallest absolute Gasteiger partial charge is 0.319 e. The van der Waals surface area contributed by atoms with Crippen molar-refractivity contribution in [3.8, 4) is 0 Å². The third kappa shape index (κ3) is 3.48. The second kappa shape index (κ2) is 5.92. The molecule has 0 saturated carbocycles. The Hall–Kier alpha value is -1.07. The van der Waals surface area contributed by atoms with E-state index in [1.54, 1.807) is 6.07 Å². The van der Waals surface area contributed by atoms with Gasteiger partial charge in [-0.1, -0.05) is 18.2 Å². The van der Waals surface area contributed by atoms with Crippen molar-refractivity contribution in [2.75, 3.05) is 26.7 Å². The van der Waals surface area contributed by atoms with Gasteiger partial charge in [0, 0.05) is 12.5 Å². The monoisotopic (exact) mass is 272 g/mol. The molecule has 0 radical (unpaired) electrons. The van der Waals surface area contributed by atoms with Crippen molar-refractivity contribution in [1.82, 2.24) is 10.6 Å². The fourth-order valence-electron chi connectivity index (χ4n) is 2.74. The van der Waals surface area contributed by atoms with Crippen molar-refractivity contribution in [2.45, 2.75) is 18.5 Å². The molecule has 5 heteroatoms. The predicted octanol–water partition coefficient (Wildman–Crippen LogP) is 2.62. The summed E-state index contributed by atoms with van der Waals surface area (Å²) in [5.74, 6) is 0.526. The third-order valence-electron chi connectivity index (χ3n) is 3.73. The van der Waals surface area contributed by atoms with E-state index in [4.69, 9.17) is 0 Å². The first-order chi connectivity index (χ1) is 9.02. The van der Waals surface area contributed by atoms with Crippen LogP contribution >= 0.6 is 0 Å². The van der Waals surface area contributed by atoms with Crippen molar-refractivity contribution in [3.05, 3.63) is 35.4 Å². The van der Waals surface area contributed by atoms with E-state index in [2.05, 4.69) is 10.6 Å². The highest BCUT2D eigenvalue weighted by Crippen LogP contribution is 2.34. The van der Waals surface area contributed by atoms with Gasteiger partial charge < -0.3 is 10.6 Å². The summed E-state index contributed by atoms with van der Waals surface area (Å²) in [6.45, 7) is 2.53. The maximum atomic E-state index is 12.8. The summed E-state index contributed by atoms with van der Waals surface area (Å²) in [5.41, 5.74) is 0.218. The summed E-state index contributed by atoms with van der Waals surface area (Å²) >= 11 is 0. The van der Waals surface area contributed by atoms with Gasteiger partial charge in [-0.05, 0) is 44.1 Å². The number of halogens is 3. The molecule has 2 unspecified atom stereocenters. The van der Waals surface area contributed by atoms with Crippen LogP contribution in [0.25, 0.3) is 0 Å². The van der Waals surface area contributed by atoms with Crippen LogP contribution < -0.4 is 10.6 Å². The minimum Gasteiger partial charge on any atom is -0.319 e. The zero-order valence-corrected chi connectivity index (χ0v) is 10.9. The van der Waals surface area contributed by atoms with Crippen molar-refractivity contribution in [1.29, 1.82) is 0 Å². The average molecular weight is 272 g/mol. The fraction of sp³-hybridized carbons (Fsp3) is 0.571. The predicted molar refractivity (Wildman–Crippen MR) is 69.1 cm³/mol. The molecular weight excluding hydrogens is 253 g/mol. The lowest BCUT2D eigenvalue weighted by atomic mass is 9.84. The summed E-state index contributed by atoms with van der Waals surface area (Å²) in [6, 6.07) is 5.73. The van der Waals surface area contributed by atoms with E-state index < -0.39 is 11.7 Å². The summed E-state index contributed by atoms with van der Waals surface area (Å²) in [7, 11) is 1.84. The van der Waals surface area contributed by atoms with E-state index >= 15 is 0 Å². The van der Waals surface area contributed by atoms with E-state index in [1.165, 1.54) is 12.1 Å². The molecule has 0 spiro atoms. The minimum atomic E-state index is -4.27. The molecule has 2 rings (SSSR count). The standard InChI is InChI=1S/C14H19F3N2/c1-18-9-13(11-5-6-19-8-11)10-3-2-4-12(7-10)14(15,16)17/h2-4,7,11,13,18-19H,5-6,8-9H2,1H3. The zero-order valence-electron chi connectivity index (χ0n) is 10.9. The van der Waals surface area contributed by atoms with Crippen LogP contribution in [0.5, 0.6) is 0 Å². The van der Waals surface area contributed by atoms with Crippen molar-refractivity contribution in [2.24, 2.45) is 5.92 Å². The quantitative estimate of drug-likeness (QED) is 0.880. The lowest BCUT2D eigenvalue weighted by molar-refractivity contribution is -0.137. The molecule has 1 fully saturated rings. The molecule has 19 heavy (non-hydrogen) atoms. The van der Waals surface area contributed by atoms with E-state index in [0.717, 1.165) is 31.1 Å². The fourth-order valence-corrected chi connectivity index (χ4v) is 2.74. The molecule has 0 amide bonds. The van der Waals surface area contributed by atoms with Gasteiger partial charge in [0.15, 0.2) is 0 Å². The second-order valence-electron chi connectivity index (χ2n) is 5.04. The van der Waals surface area contributed by atoms with E-state index in [-0.39, 0.29) is 5.92 Å². The Balaban J connectivity index is 2.25. The normalized spacial score (nSPS) is 21.6. The van der Waals surface area contributed by atoms with E-state index in [0.29, 0.717) is 12.5 Å². The summed E-state index contributed by atoms with van der Waals surface area (Å²) in [6.07, 6.45) is -3.25. The van der Waals surface area contributed by atoms with Crippen LogP contribution in [0.15, 0.2) is 24.3 Å². The maximum Gasteiger partial charge on any atom is 0.416 e. The van der Waals surface area contributed by atoms with Gasteiger partial charge >= 0.3 is 6.18 Å². The Morgan fingerprint density at radius 1 is 1.42 bits per heavy atom. The maximum absolute atomic E-state index is 12.8. The van der Waals surface area contributed by atoms with Crippen LogP contribution in [0.1, 0.15) is 23.5 Å². The molecular formula is C14H19F3N2. The van der Waals surface area contributed by atoms with E-state index in [1.807, 2.05) is 7.05 Å². The number of rotatable bonds is 4. The number of likely N-dealkylation sites (N-methyl/N-ethyl adjacent to an activating group) is 1. The molecule has 1 saturated heterocycles. The third-order valence-corrected chi connectivity index (χ3v) is 3.73. The van der Waals surface area contributed by atoms with Crippen molar-refractivity contribution in [3.63, 3.8) is 0 Å². The van der Waals surface area contributed by atoms with Gasteiger partial charge in [-0.3, -0.25) is 0 Å². The summed E-state index contributed by atoms with van der Waals surface area (Å²) in [4.78, 5) is 0. The van der Waals surface area contributed by atoms with Gasteiger partial charge in [-0.15, -0.1) is 0 Å². The number of alkyl halides is 3.